The van der Waals surface area contributed by atoms with E-state index in [1.807, 2.05) is 0 Å². The molecule has 0 unspecified atom stereocenters. The van der Waals surface area contributed by atoms with Gasteiger partial charge in [-0.1, -0.05) is 12.1 Å². The minimum atomic E-state index is 0.772. The van der Waals surface area contributed by atoms with Gasteiger partial charge in [0.1, 0.15) is 5.75 Å². The minimum Gasteiger partial charge on any atom is -0.553 e. The molecule has 60 valence electrons. The summed E-state index contributed by atoms with van der Waals surface area (Å²) in [5, 5.41) is 0. The topological polar surface area (TPSA) is 9.23 Å². The number of hydrogen-bond acceptors (Lipinski definition) is 1. The van der Waals surface area contributed by atoms with Gasteiger partial charge in [0.2, 0.25) is 10.5 Å². The molecular formula is C9H14OSi. The Morgan fingerprint density at radius 1 is 1.09 bits per heavy atom. The monoisotopic (exact) mass is 166 g/mol. The van der Waals surface area contributed by atoms with Gasteiger partial charge in [0.15, 0.2) is 0 Å². The molecule has 0 saturated carbocycles. The Morgan fingerprint density at radius 3 is 2.09 bits per heavy atom. The van der Waals surface area contributed by atoms with Crippen molar-refractivity contribution in [1.29, 1.82) is 0 Å². The molecule has 0 atom stereocenters. The number of rotatable bonds is 1. The number of benzene rings is 1. The van der Waals surface area contributed by atoms with E-state index in [9.17, 15) is 0 Å². The molecule has 0 spiro atoms. The predicted molar refractivity (Wildman–Crippen MR) is 51.2 cm³/mol. The molecule has 1 aromatic rings. The zero-order chi connectivity index (χ0) is 8.43. The minimum absolute atomic E-state index is 0.772. The molecule has 11 heavy (non-hydrogen) atoms. The summed E-state index contributed by atoms with van der Waals surface area (Å²) in [6.07, 6.45) is 0. The van der Waals surface area contributed by atoms with Crippen molar-refractivity contribution in [1.82, 2.24) is 0 Å². The maximum absolute atomic E-state index is 5.40. The summed E-state index contributed by atoms with van der Waals surface area (Å²) in [6, 6.07) is 4.24. The van der Waals surface area contributed by atoms with Crippen molar-refractivity contribution in [3.05, 3.63) is 28.8 Å². The summed E-state index contributed by atoms with van der Waals surface area (Å²) in [7, 11) is 0.772. The molecular weight excluding hydrogens is 152 g/mol. The van der Waals surface area contributed by atoms with Crippen molar-refractivity contribution in [2.45, 2.75) is 20.8 Å². The molecule has 2 heteroatoms. The third-order valence-corrected chi connectivity index (χ3v) is 2.49. The Balaban J connectivity index is 3.29. The average molecular weight is 166 g/mol. The molecule has 0 aliphatic carbocycles. The number of hydrogen-bond donors (Lipinski definition) is 0. The van der Waals surface area contributed by atoms with Crippen LogP contribution in [0.3, 0.4) is 0 Å². The second kappa shape index (κ2) is 3.09. The van der Waals surface area contributed by atoms with E-state index in [0.29, 0.717) is 0 Å². The van der Waals surface area contributed by atoms with Gasteiger partial charge in [-0.2, -0.15) is 0 Å². The highest BCUT2D eigenvalue weighted by atomic mass is 28.2. The van der Waals surface area contributed by atoms with Gasteiger partial charge in [-0.15, -0.1) is 0 Å². The van der Waals surface area contributed by atoms with Crippen LogP contribution in [-0.4, -0.2) is 10.5 Å². The van der Waals surface area contributed by atoms with Gasteiger partial charge in [-0.25, -0.2) is 0 Å². The summed E-state index contributed by atoms with van der Waals surface area (Å²) < 4.78 is 5.40. The lowest BCUT2D eigenvalue weighted by Crippen LogP contribution is -1.93. The Morgan fingerprint density at radius 2 is 1.64 bits per heavy atom. The maximum atomic E-state index is 5.40. The SMILES string of the molecule is Cc1ccc(C)c(O[SiH3])c1C. The molecule has 0 fully saturated rings. The fourth-order valence-corrected chi connectivity index (χ4v) is 1.87. The predicted octanol–water partition coefficient (Wildman–Crippen LogP) is 1.27. The molecule has 0 aliphatic rings. The first kappa shape index (κ1) is 8.33. The normalized spacial score (nSPS) is 10.1. The fraction of sp³-hybridized carbons (Fsp3) is 0.333. The van der Waals surface area contributed by atoms with E-state index in [2.05, 4.69) is 32.9 Å². The number of aryl methyl sites for hydroxylation is 2. The van der Waals surface area contributed by atoms with Crippen molar-refractivity contribution >= 4 is 10.5 Å². The lowest BCUT2D eigenvalue weighted by Gasteiger charge is -2.10. The van der Waals surface area contributed by atoms with Crippen LogP contribution >= 0.6 is 0 Å². The quantitative estimate of drug-likeness (QED) is 0.571. The first-order chi connectivity index (χ1) is 5.16. The molecule has 1 aromatic carbocycles. The average Bonchev–Trinajstić information content (AvgIpc) is 1.99. The highest BCUT2D eigenvalue weighted by Gasteiger charge is 2.02. The van der Waals surface area contributed by atoms with Crippen LogP contribution in [-0.2, 0) is 0 Å². The Labute approximate surface area is 70.9 Å². The van der Waals surface area contributed by atoms with E-state index in [-0.39, 0.29) is 0 Å². The van der Waals surface area contributed by atoms with Crippen LogP contribution < -0.4 is 4.43 Å². The Kier molecular flexibility index (Phi) is 2.34. The zero-order valence-electron chi connectivity index (χ0n) is 7.56. The first-order valence-corrected chi connectivity index (χ1v) is 4.59. The van der Waals surface area contributed by atoms with Gasteiger partial charge in [0.25, 0.3) is 0 Å². The van der Waals surface area contributed by atoms with Gasteiger partial charge in [0.05, 0.1) is 0 Å². The molecule has 1 nitrogen and oxygen atoms in total. The summed E-state index contributed by atoms with van der Waals surface area (Å²) >= 11 is 0. The van der Waals surface area contributed by atoms with Crippen LogP contribution in [0, 0.1) is 20.8 Å². The van der Waals surface area contributed by atoms with E-state index in [1.165, 1.54) is 16.7 Å². The molecule has 0 saturated heterocycles. The maximum Gasteiger partial charge on any atom is 0.204 e. The lowest BCUT2D eigenvalue weighted by molar-refractivity contribution is 0.603. The fourth-order valence-electron chi connectivity index (χ4n) is 1.24. The first-order valence-electron chi connectivity index (χ1n) is 3.77. The Hall–Kier alpha value is -0.763. The lowest BCUT2D eigenvalue weighted by atomic mass is 10.1. The standard InChI is InChI=1S/C9H14OSi/c1-6-4-5-7(2)9(10-11)8(6)3/h4-5H,1-3,11H3. The highest BCUT2D eigenvalue weighted by molar-refractivity contribution is 6.00. The summed E-state index contributed by atoms with van der Waals surface area (Å²) in [4.78, 5) is 0. The van der Waals surface area contributed by atoms with Crippen LogP contribution in [0.5, 0.6) is 5.75 Å². The van der Waals surface area contributed by atoms with Crippen LogP contribution in [0.25, 0.3) is 0 Å². The van der Waals surface area contributed by atoms with E-state index in [0.717, 1.165) is 16.2 Å². The van der Waals surface area contributed by atoms with E-state index in [4.69, 9.17) is 4.43 Å². The third kappa shape index (κ3) is 1.45. The molecule has 0 aliphatic heterocycles. The van der Waals surface area contributed by atoms with Gasteiger partial charge in [-0.3, -0.25) is 0 Å². The summed E-state index contributed by atoms with van der Waals surface area (Å²) in [5.41, 5.74) is 3.82. The second-order valence-corrected chi connectivity index (χ2v) is 3.27. The molecule has 0 aromatic heterocycles. The van der Waals surface area contributed by atoms with Gasteiger partial charge in [-0.05, 0) is 37.5 Å². The van der Waals surface area contributed by atoms with Gasteiger partial charge < -0.3 is 4.43 Å². The highest BCUT2D eigenvalue weighted by Crippen LogP contribution is 2.24. The Bertz CT molecular complexity index is 269. The molecule has 1 rings (SSSR count). The van der Waals surface area contributed by atoms with Crippen LogP contribution in [0.1, 0.15) is 16.7 Å². The van der Waals surface area contributed by atoms with Crippen molar-refractivity contribution in [3.63, 3.8) is 0 Å². The second-order valence-electron chi connectivity index (χ2n) is 2.86. The van der Waals surface area contributed by atoms with Gasteiger partial charge in [0, 0.05) is 0 Å². The van der Waals surface area contributed by atoms with Crippen LogP contribution in [0.15, 0.2) is 12.1 Å². The van der Waals surface area contributed by atoms with E-state index in [1.54, 1.807) is 0 Å². The van der Waals surface area contributed by atoms with Crippen LogP contribution in [0.2, 0.25) is 0 Å². The molecule has 0 amide bonds. The van der Waals surface area contributed by atoms with E-state index >= 15 is 0 Å². The molecule has 0 bridgehead atoms. The van der Waals surface area contributed by atoms with Gasteiger partial charge >= 0.3 is 0 Å². The van der Waals surface area contributed by atoms with Crippen molar-refractivity contribution in [2.75, 3.05) is 0 Å². The van der Waals surface area contributed by atoms with Crippen molar-refractivity contribution in [3.8, 4) is 5.75 Å². The van der Waals surface area contributed by atoms with Crippen LogP contribution in [0.4, 0.5) is 0 Å². The van der Waals surface area contributed by atoms with Crippen molar-refractivity contribution in [2.24, 2.45) is 0 Å². The molecule has 0 N–H and O–H groups in total. The smallest absolute Gasteiger partial charge is 0.204 e. The summed E-state index contributed by atoms with van der Waals surface area (Å²) in [5.74, 6) is 1.08. The largest absolute Gasteiger partial charge is 0.553 e. The molecule has 0 heterocycles. The third-order valence-electron chi connectivity index (χ3n) is 2.08. The van der Waals surface area contributed by atoms with E-state index < -0.39 is 0 Å². The zero-order valence-corrected chi connectivity index (χ0v) is 9.56. The van der Waals surface area contributed by atoms with Crippen molar-refractivity contribution < 1.29 is 4.43 Å². The summed E-state index contributed by atoms with van der Waals surface area (Å²) in [6.45, 7) is 6.30. The molecule has 0 radical (unpaired) electrons.